The van der Waals surface area contributed by atoms with Gasteiger partial charge in [-0.2, -0.15) is 4.31 Å². The third-order valence-electron chi connectivity index (χ3n) is 5.80. The number of nitrogens with zero attached hydrogens (tertiary/aromatic N) is 3. The molecule has 2 aliphatic rings. The number of nitrogens with one attached hydrogen (secondary N) is 1. The molecule has 2 fully saturated rings. The number of hydrogen-bond donors (Lipinski definition) is 1. The van der Waals surface area contributed by atoms with Crippen LogP contribution in [0.2, 0.25) is 0 Å². The van der Waals surface area contributed by atoms with Crippen LogP contribution in [-0.4, -0.2) is 54.9 Å². The number of amides is 2. The molecule has 3 heterocycles. The molecule has 176 valence electrons. The number of thioether (sulfide) groups is 1. The predicted molar refractivity (Wildman–Crippen MR) is 129 cm³/mol. The van der Waals surface area contributed by atoms with Gasteiger partial charge in [0.2, 0.25) is 21.8 Å². The molecule has 0 bridgehead atoms. The van der Waals surface area contributed by atoms with Crippen molar-refractivity contribution in [2.45, 2.75) is 48.4 Å². The highest BCUT2D eigenvalue weighted by molar-refractivity contribution is 7.99. The molecule has 2 amide bonds. The van der Waals surface area contributed by atoms with Crippen molar-refractivity contribution in [2.75, 3.05) is 35.6 Å². The molecule has 0 saturated carbocycles. The highest BCUT2D eigenvalue weighted by Crippen LogP contribution is 2.24. The second-order valence-corrected chi connectivity index (χ2v) is 11.1. The Balaban J connectivity index is 1.29. The van der Waals surface area contributed by atoms with E-state index in [0.29, 0.717) is 30.2 Å². The van der Waals surface area contributed by atoms with Gasteiger partial charge in [0, 0.05) is 43.6 Å². The van der Waals surface area contributed by atoms with Gasteiger partial charge < -0.3 is 10.2 Å². The van der Waals surface area contributed by atoms with E-state index in [2.05, 4.69) is 10.3 Å². The molecule has 10 heteroatoms. The van der Waals surface area contributed by atoms with Crippen molar-refractivity contribution >= 4 is 45.0 Å². The van der Waals surface area contributed by atoms with Gasteiger partial charge in [-0.3, -0.25) is 9.59 Å². The predicted octanol–water partition coefficient (Wildman–Crippen LogP) is 3.50. The number of benzene rings is 1. The van der Waals surface area contributed by atoms with Gasteiger partial charge in [0.15, 0.2) is 0 Å². The zero-order chi connectivity index (χ0) is 23.3. The first-order chi connectivity index (χ1) is 15.9. The SMILES string of the molecule is O=C(CSc1ccc(S(=O)(=O)N2CCCCCC2)cn1)Nc1ccc(N2CCCC2=O)cc1. The van der Waals surface area contributed by atoms with Gasteiger partial charge in [0.05, 0.1) is 10.8 Å². The Morgan fingerprint density at radius 2 is 1.70 bits per heavy atom. The molecule has 2 aromatic rings. The molecule has 0 spiro atoms. The number of sulfonamides is 1. The molecule has 1 aromatic carbocycles. The number of pyridine rings is 1. The van der Waals surface area contributed by atoms with E-state index in [1.807, 2.05) is 12.1 Å². The summed E-state index contributed by atoms with van der Waals surface area (Å²) < 4.78 is 27.2. The summed E-state index contributed by atoms with van der Waals surface area (Å²) >= 11 is 1.25. The highest BCUT2D eigenvalue weighted by atomic mass is 32.2. The molecule has 2 aliphatic heterocycles. The van der Waals surface area contributed by atoms with E-state index in [1.165, 1.54) is 18.0 Å². The van der Waals surface area contributed by atoms with E-state index in [0.717, 1.165) is 44.3 Å². The van der Waals surface area contributed by atoms with Gasteiger partial charge >= 0.3 is 0 Å². The average Bonchev–Trinajstić information content (AvgIpc) is 3.06. The average molecular weight is 489 g/mol. The molecule has 0 radical (unpaired) electrons. The molecule has 33 heavy (non-hydrogen) atoms. The third-order valence-corrected chi connectivity index (χ3v) is 8.63. The molecule has 2 saturated heterocycles. The van der Waals surface area contributed by atoms with Crippen molar-refractivity contribution in [1.82, 2.24) is 9.29 Å². The van der Waals surface area contributed by atoms with Crippen molar-refractivity contribution in [3.63, 3.8) is 0 Å². The fourth-order valence-corrected chi connectivity index (χ4v) is 6.12. The van der Waals surface area contributed by atoms with E-state index >= 15 is 0 Å². The van der Waals surface area contributed by atoms with E-state index in [-0.39, 0.29) is 22.5 Å². The van der Waals surface area contributed by atoms with Crippen LogP contribution in [0.3, 0.4) is 0 Å². The van der Waals surface area contributed by atoms with Crippen molar-refractivity contribution in [1.29, 1.82) is 0 Å². The highest BCUT2D eigenvalue weighted by Gasteiger charge is 2.25. The Morgan fingerprint density at radius 3 is 2.30 bits per heavy atom. The molecule has 1 aromatic heterocycles. The van der Waals surface area contributed by atoms with Crippen molar-refractivity contribution < 1.29 is 18.0 Å². The van der Waals surface area contributed by atoms with Crippen molar-refractivity contribution in [2.24, 2.45) is 0 Å². The normalized spacial score (nSPS) is 17.7. The smallest absolute Gasteiger partial charge is 0.244 e. The molecule has 0 aliphatic carbocycles. The molecule has 4 rings (SSSR count). The number of anilines is 2. The van der Waals surface area contributed by atoms with Crippen LogP contribution >= 0.6 is 11.8 Å². The van der Waals surface area contributed by atoms with E-state index in [4.69, 9.17) is 0 Å². The Hall–Kier alpha value is -2.43. The zero-order valence-corrected chi connectivity index (χ0v) is 20.0. The van der Waals surface area contributed by atoms with Crippen LogP contribution in [0.25, 0.3) is 0 Å². The van der Waals surface area contributed by atoms with Crippen LogP contribution in [-0.2, 0) is 19.6 Å². The van der Waals surface area contributed by atoms with E-state index < -0.39 is 10.0 Å². The fourth-order valence-electron chi connectivity index (χ4n) is 4.02. The summed E-state index contributed by atoms with van der Waals surface area (Å²) in [5.74, 6) is 0.0893. The second kappa shape index (κ2) is 10.7. The maximum Gasteiger partial charge on any atom is 0.244 e. The zero-order valence-electron chi connectivity index (χ0n) is 18.4. The minimum atomic E-state index is -3.53. The first-order valence-corrected chi connectivity index (χ1v) is 13.7. The minimum absolute atomic E-state index is 0.126. The van der Waals surface area contributed by atoms with Crippen LogP contribution < -0.4 is 10.2 Å². The van der Waals surface area contributed by atoms with Gasteiger partial charge in [-0.05, 0) is 55.7 Å². The summed E-state index contributed by atoms with van der Waals surface area (Å²) in [6.45, 7) is 1.83. The lowest BCUT2D eigenvalue weighted by Gasteiger charge is -2.19. The van der Waals surface area contributed by atoms with Crippen molar-refractivity contribution in [3.8, 4) is 0 Å². The molecule has 0 atom stereocenters. The largest absolute Gasteiger partial charge is 0.325 e. The molecule has 1 N–H and O–H groups in total. The number of aromatic nitrogens is 1. The molecular formula is C23H28N4O4S2. The quantitative estimate of drug-likeness (QED) is 0.599. The first-order valence-electron chi connectivity index (χ1n) is 11.2. The lowest BCUT2D eigenvalue weighted by atomic mass is 10.2. The minimum Gasteiger partial charge on any atom is -0.325 e. The monoisotopic (exact) mass is 488 g/mol. The molecular weight excluding hydrogens is 460 g/mol. The Labute approximate surface area is 198 Å². The van der Waals surface area contributed by atoms with Crippen LogP contribution in [0.1, 0.15) is 38.5 Å². The fraction of sp³-hybridized carbons (Fsp3) is 0.435. The topological polar surface area (TPSA) is 99.7 Å². The van der Waals surface area contributed by atoms with Gasteiger partial charge in [-0.15, -0.1) is 0 Å². The summed E-state index contributed by atoms with van der Waals surface area (Å²) in [6, 6.07) is 10.4. The maximum atomic E-state index is 12.8. The standard InChI is InChI=1S/C23H28N4O4S2/c28-21(25-18-7-9-19(10-8-18)27-15-5-6-23(27)29)17-32-22-12-11-20(16-24-22)33(30,31)26-13-3-1-2-4-14-26/h7-12,16H,1-6,13-15,17H2,(H,25,28). The lowest BCUT2D eigenvalue weighted by molar-refractivity contribution is -0.117. The summed E-state index contributed by atoms with van der Waals surface area (Å²) in [4.78, 5) is 30.3. The molecule has 0 unspecified atom stereocenters. The number of carbonyl (C=O) groups is 2. The van der Waals surface area contributed by atoms with Gasteiger partial charge in [0.1, 0.15) is 4.90 Å². The van der Waals surface area contributed by atoms with Crippen LogP contribution in [0.15, 0.2) is 52.5 Å². The van der Waals surface area contributed by atoms with Crippen LogP contribution in [0.5, 0.6) is 0 Å². The first kappa shape index (κ1) is 23.7. The van der Waals surface area contributed by atoms with Gasteiger partial charge in [-0.1, -0.05) is 24.6 Å². The third kappa shape index (κ3) is 5.93. The summed E-state index contributed by atoms with van der Waals surface area (Å²) in [5, 5.41) is 3.42. The number of carbonyl (C=O) groups excluding carboxylic acids is 2. The Kier molecular flexibility index (Phi) is 7.67. The lowest BCUT2D eigenvalue weighted by Crippen LogP contribution is -2.32. The summed E-state index contributed by atoms with van der Waals surface area (Å²) in [6.07, 6.45) is 6.71. The van der Waals surface area contributed by atoms with Gasteiger partial charge in [0.25, 0.3) is 0 Å². The van der Waals surface area contributed by atoms with Crippen LogP contribution in [0, 0.1) is 0 Å². The number of rotatable bonds is 7. The van der Waals surface area contributed by atoms with Gasteiger partial charge in [-0.25, -0.2) is 13.4 Å². The van der Waals surface area contributed by atoms with Crippen LogP contribution in [0.4, 0.5) is 11.4 Å². The Bertz CT molecular complexity index is 1080. The Morgan fingerprint density at radius 1 is 0.970 bits per heavy atom. The maximum absolute atomic E-state index is 12.8. The van der Waals surface area contributed by atoms with E-state index in [1.54, 1.807) is 33.5 Å². The summed E-state index contributed by atoms with van der Waals surface area (Å²) in [5.41, 5.74) is 1.49. The van der Waals surface area contributed by atoms with E-state index in [9.17, 15) is 18.0 Å². The number of hydrogen-bond acceptors (Lipinski definition) is 6. The second-order valence-electron chi connectivity index (χ2n) is 8.18. The van der Waals surface area contributed by atoms with Crippen molar-refractivity contribution in [3.05, 3.63) is 42.6 Å². The summed E-state index contributed by atoms with van der Waals surface area (Å²) in [7, 11) is -3.53. The molecule has 8 nitrogen and oxygen atoms in total.